The highest BCUT2D eigenvalue weighted by Gasteiger charge is 2.24. The van der Waals surface area contributed by atoms with Crippen molar-refractivity contribution in [3.8, 4) is 0 Å². The van der Waals surface area contributed by atoms with Crippen LogP contribution in [0, 0.1) is 13.8 Å². The zero-order valence-corrected chi connectivity index (χ0v) is 12.8. The highest BCUT2D eigenvalue weighted by molar-refractivity contribution is 5.30. The molecule has 1 N–H and O–H groups in total. The molecule has 1 saturated heterocycles. The van der Waals surface area contributed by atoms with Crippen molar-refractivity contribution in [2.75, 3.05) is 19.6 Å². The first-order valence-electron chi connectivity index (χ1n) is 7.65. The van der Waals surface area contributed by atoms with Crippen LogP contribution < -0.4 is 5.32 Å². The third-order valence-electron chi connectivity index (χ3n) is 4.29. The van der Waals surface area contributed by atoms with E-state index in [-0.39, 0.29) is 0 Å². The second kappa shape index (κ2) is 6.37. The van der Waals surface area contributed by atoms with Crippen LogP contribution in [0.4, 0.5) is 0 Å². The van der Waals surface area contributed by atoms with Gasteiger partial charge in [-0.15, -0.1) is 0 Å². The van der Waals surface area contributed by atoms with E-state index in [1.807, 2.05) is 18.5 Å². The van der Waals surface area contributed by atoms with E-state index in [2.05, 4.69) is 53.3 Å². The van der Waals surface area contributed by atoms with Crippen molar-refractivity contribution in [3.05, 3.63) is 65.0 Å². The number of pyridine rings is 1. The number of benzene rings is 1. The van der Waals surface area contributed by atoms with Crippen LogP contribution in [0.15, 0.2) is 42.7 Å². The largest absolute Gasteiger partial charge is 0.314 e. The number of nitrogens with one attached hydrogen (secondary N) is 1. The van der Waals surface area contributed by atoms with Crippen LogP contribution in [0.25, 0.3) is 0 Å². The molecule has 0 saturated carbocycles. The van der Waals surface area contributed by atoms with Gasteiger partial charge in [0.1, 0.15) is 0 Å². The molecule has 1 aromatic carbocycles. The van der Waals surface area contributed by atoms with Crippen LogP contribution in [0.3, 0.4) is 0 Å². The predicted octanol–water partition coefficient (Wildman–Crippen LogP) is 2.84. The Labute approximate surface area is 127 Å². The van der Waals surface area contributed by atoms with Gasteiger partial charge in [-0.3, -0.25) is 9.88 Å². The molecule has 2 aromatic rings. The van der Waals surface area contributed by atoms with Crippen LogP contribution in [0.1, 0.15) is 28.3 Å². The van der Waals surface area contributed by atoms with Gasteiger partial charge in [-0.25, -0.2) is 0 Å². The van der Waals surface area contributed by atoms with Gasteiger partial charge in [0.15, 0.2) is 0 Å². The molecule has 0 spiro atoms. The van der Waals surface area contributed by atoms with Gasteiger partial charge in [0.2, 0.25) is 0 Å². The molecule has 3 nitrogen and oxygen atoms in total. The van der Waals surface area contributed by atoms with Crippen molar-refractivity contribution in [2.45, 2.75) is 26.4 Å². The zero-order chi connectivity index (χ0) is 14.7. The predicted molar refractivity (Wildman–Crippen MR) is 86.2 cm³/mol. The summed E-state index contributed by atoms with van der Waals surface area (Å²) in [7, 11) is 0. The monoisotopic (exact) mass is 281 g/mol. The standard InChI is InChI=1S/C18H23N3/c1-14-5-6-17(15(2)10-14)13-21-9-8-20-12-18(21)16-4-3-7-19-11-16/h3-7,10-11,18,20H,8-9,12-13H2,1-2H3. The second-order valence-electron chi connectivity index (χ2n) is 5.91. The van der Waals surface area contributed by atoms with E-state index in [1.165, 1.54) is 22.3 Å². The molecule has 1 unspecified atom stereocenters. The van der Waals surface area contributed by atoms with Gasteiger partial charge in [0.05, 0.1) is 0 Å². The number of rotatable bonds is 3. The summed E-state index contributed by atoms with van der Waals surface area (Å²) in [4.78, 5) is 6.84. The molecule has 0 radical (unpaired) electrons. The van der Waals surface area contributed by atoms with Gasteiger partial charge in [-0.1, -0.05) is 29.8 Å². The highest BCUT2D eigenvalue weighted by Crippen LogP contribution is 2.24. The summed E-state index contributed by atoms with van der Waals surface area (Å²) in [6.07, 6.45) is 3.83. The number of piperazine rings is 1. The van der Waals surface area contributed by atoms with E-state index in [0.717, 1.165) is 26.2 Å². The fourth-order valence-electron chi connectivity index (χ4n) is 3.08. The molecule has 110 valence electrons. The molecule has 1 aliphatic rings. The molecule has 0 bridgehead atoms. The van der Waals surface area contributed by atoms with Gasteiger partial charge in [0.25, 0.3) is 0 Å². The smallest absolute Gasteiger partial charge is 0.0491 e. The Hall–Kier alpha value is -1.71. The maximum absolute atomic E-state index is 4.28. The Kier molecular flexibility index (Phi) is 4.32. The second-order valence-corrected chi connectivity index (χ2v) is 5.91. The molecule has 1 aromatic heterocycles. The highest BCUT2D eigenvalue weighted by atomic mass is 15.2. The first-order chi connectivity index (χ1) is 10.2. The van der Waals surface area contributed by atoms with E-state index in [9.17, 15) is 0 Å². The van der Waals surface area contributed by atoms with E-state index in [4.69, 9.17) is 0 Å². The van der Waals surface area contributed by atoms with E-state index >= 15 is 0 Å². The lowest BCUT2D eigenvalue weighted by molar-refractivity contribution is 0.153. The summed E-state index contributed by atoms with van der Waals surface area (Å²) in [6.45, 7) is 8.50. The topological polar surface area (TPSA) is 28.2 Å². The summed E-state index contributed by atoms with van der Waals surface area (Å²) < 4.78 is 0. The van der Waals surface area contributed by atoms with Crippen LogP contribution in [0.2, 0.25) is 0 Å². The first kappa shape index (κ1) is 14.2. The number of nitrogens with zero attached hydrogens (tertiary/aromatic N) is 2. The number of hydrogen-bond donors (Lipinski definition) is 1. The minimum absolute atomic E-state index is 0.410. The van der Waals surface area contributed by atoms with Crippen LogP contribution in [0.5, 0.6) is 0 Å². The van der Waals surface area contributed by atoms with Crippen molar-refractivity contribution >= 4 is 0 Å². The minimum atomic E-state index is 0.410. The number of aromatic nitrogens is 1. The van der Waals surface area contributed by atoms with E-state index < -0.39 is 0 Å². The van der Waals surface area contributed by atoms with Gasteiger partial charge < -0.3 is 5.32 Å². The van der Waals surface area contributed by atoms with Crippen LogP contribution in [-0.4, -0.2) is 29.5 Å². The number of hydrogen-bond acceptors (Lipinski definition) is 3. The quantitative estimate of drug-likeness (QED) is 0.937. The lowest BCUT2D eigenvalue weighted by Crippen LogP contribution is -2.45. The van der Waals surface area contributed by atoms with Crippen molar-refractivity contribution in [2.24, 2.45) is 0 Å². The Morgan fingerprint density at radius 3 is 2.95 bits per heavy atom. The molecule has 3 rings (SSSR count). The van der Waals surface area contributed by atoms with Crippen LogP contribution in [-0.2, 0) is 6.54 Å². The molecule has 0 aliphatic carbocycles. The lowest BCUT2D eigenvalue weighted by atomic mass is 10.0. The Morgan fingerprint density at radius 1 is 1.29 bits per heavy atom. The summed E-state index contributed by atoms with van der Waals surface area (Å²) in [6, 6.07) is 11.4. The number of aryl methyl sites for hydroxylation is 2. The van der Waals surface area contributed by atoms with Crippen molar-refractivity contribution in [3.63, 3.8) is 0 Å². The van der Waals surface area contributed by atoms with Crippen molar-refractivity contribution in [1.82, 2.24) is 15.2 Å². The third kappa shape index (κ3) is 3.31. The molecular formula is C18H23N3. The molecule has 3 heteroatoms. The van der Waals surface area contributed by atoms with Gasteiger partial charge in [0, 0.05) is 44.6 Å². The van der Waals surface area contributed by atoms with E-state index in [1.54, 1.807) is 0 Å². The summed E-state index contributed by atoms with van der Waals surface area (Å²) in [5, 5.41) is 3.50. The Morgan fingerprint density at radius 2 is 2.19 bits per heavy atom. The lowest BCUT2D eigenvalue weighted by Gasteiger charge is -2.36. The van der Waals surface area contributed by atoms with Gasteiger partial charge >= 0.3 is 0 Å². The van der Waals surface area contributed by atoms with Crippen molar-refractivity contribution in [1.29, 1.82) is 0 Å². The fraction of sp³-hybridized carbons (Fsp3) is 0.389. The summed E-state index contributed by atoms with van der Waals surface area (Å²) >= 11 is 0. The molecule has 21 heavy (non-hydrogen) atoms. The third-order valence-corrected chi connectivity index (χ3v) is 4.29. The zero-order valence-electron chi connectivity index (χ0n) is 12.8. The van der Waals surface area contributed by atoms with Crippen LogP contribution >= 0.6 is 0 Å². The van der Waals surface area contributed by atoms with Crippen molar-refractivity contribution < 1.29 is 0 Å². The average Bonchev–Trinajstić information content (AvgIpc) is 2.51. The Balaban J connectivity index is 1.81. The molecule has 0 amide bonds. The first-order valence-corrected chi connectivity index (χ1v) is 7.65. The molecule has 2 heterocycles. The maximum Gasteiger partial charge on any atom is 0.0491 e. The summed E-state index contributed by atoms with van der Waals surface area (Å²) in [5.41, 5.74) is 5.45. The Bertz CT molecular complexity index is 595. The molecule has 1 aliphatic heterocycles. The van der Waals surface area contributed by atoms with E-state index in [0.29, 0.717) is 6.04 Å². The maximum atomic E-state index is 4.28. The SMILES string of the molecule is Cc1ccc(CN2CCNCC2c2cccnc2)c(C)c1. The summed E-state index contributed by atoms with van der Waals surface area (Å²) in [5.74, 6) is 0. The molecule has 1 atom stereocenters. The molecule has 1 fully saturated rings. The normalized spacial score (nSPS) is 19.6. The minimum Gasteiger partial charge on any atom is -0.314 e. The fourth-order valence-corrected chi connectivity index (χ4v) is 3.08. The molecular weight excluding hydrogens is 258 g/mol. The van der Waals surface area contributed by atoms with Gasteiger partial charge in [-0.05, 0) is 36.6 Å². The average molecular weight is 281 g/mol. The van der Waals surface area contributed by atoms with Gasteiger partial charge in [-0.2, -0.15) is 0 Å².